The Balaban J connectivity index is 2.96. The van der Waals surface area contributed by atoms with Crippen molar-refractivity contribution in [2.45, 2.75) is 6.92 Å². The van der Waals surface area contributed by atoms with Gasteiger partial charge in [0.15, 0.2) is 0 Å². The maximum absolute atomic E-state index is 8.82. The number of aliphatic hydroxyl groups excluding tert-OH is 1. The minimum Gasteiger partial charge on any atom is -0.480 e. The van der Waals surface area contributed by atoms with E-state index in [4.69, 9.17) is 9.84 Å². The average Bonchev–Trinajstić information content (AvgIpc) is 2.48. The Labute approximate surface area is 89.3 Å². The summed E-state index contributed by atoms with van der Waals surface area (Å²) in [6, 6.07) is 0. The zero-order valence-corrected chi connectivity index (χ0v) is 9.78. The molecule has 0 amide bonds. The molecule has 0 spiro atoms. The number of halogens is 1. The third-order valence-electron chi connectivity index (χ3n) is 1.45. The van der Waals surface area contributed by atoms with Gasteiger partial charge in [0.1, 0.15) is 0 Å². The molecule has 1 rings (SSSR count). The third-order valence-corrected chi connectivity index (χ3v) is 3.26. The van der Waals surface area contributed by atoms with Crippen molar-refractivity contribution in [3.8, 4) is 5.88 Å². The fourth-order valence-corrected chi connectivity index (χ4v) is 2.23. The fraction of sp³-hybridized carbons (Fsp3) is 0.375. The predicted molar refractivity (Wildman–Crippen MR) is 57.1 cm³/mol. The van der Waals surface area contributed by atoms with Gasteiger partial charge in [-0.1, -0.05) is 0 Å². The average molecular weight is 264 g/mol. The summed E-state index contributed by atoms with van der Waals surface area (Å²) < 4.78 is 9.91. The van der Waals surface area contributed by atoms with Crippen molar-refractivity contribution in [3.63, 3.8) is 0 Å². The van der Waals surface area contributed by atoms with Crippen LogP contribution in [0.15, 0.2) is 10.0 Å². The Hall–Kier alpha value is -0.390. The fourth-order valence-electron chi connectivity index (χ4n) is 0.762. The molecule has 0 atom stereocenters. The number of aromatic nitrogens is 1. The lowest BCUT2D eigenvalue weighted by atomic mass is 10.3. The molecule has 1 N–H and O–H groups in total. The second kappa shape index (κ2) is 4.74. The quantitative estimate of drug-likeness (QED) is 0.910. The zero-order chi connectivity index (χ0) is 9.84. The Kier molecular flexibility index (Phi) is 3.90. The van der Waals surface area contributed by atoms with Crippen LogP contribution in [0.2, 0.25) is 0 Å². The van der Waals surface area contributed by atoms with Gasteiger partial charge < -0.3 is 9.84 Å². The van der Waals surface area contributed by atoms with Crippen LogP contribution in [-0.4, -0.2) is 23.2 Å². The molecule has 0 saturated heterocycles. The minimum atomic E-state index is 0.0622. The van der Waals surface area contributed by atoms with Gasteiger partial charge in [0.2, 0.25) is 5.88 Å². The van der Waals surface area contributed by atoms with Gasteiger partial charge in [0.05, 0.1) is 23.1 Å². The van der Waals surface area contributed by atoms with Crippen LogP contribution >= 0.6 is 27.5 Å². The highest BCUT2D eigenvalue weighted by Gasteiger charge is 2.09. The van der Waals surface area contributed by atoms with Gasteiger partial charge in [-0.15, -0.1) is 0 Å². The molecule has 13 heavy (non-hydrogen) atoms. The van der Waals surface area contributed by atoms with E-state index in [0.717, 1.165) is 14.9 Å². The summed E-state index contributed by atoms with van der Waals surface area (Å²) in [7, 11) is 1.58. The van der Waals surface area contributed by atoms with Crippen molar-refractivity contribution in [2.75, 3.05) is 13.7 Å². The number of hydrogen-bond acceptors (Lipinski definition) is 4. The van der Waals surface area contributed by atoms with Crippen molar-refractivity contribution in [1.29, 1.82) is 0 Å². The molecule has 0 aromatic carbocycles. The Bertz CT molecular complexity index is 322. The Morgan fingerprint density at radius 2 is 2.46 bits per heavy atom. The van der Waals surface area contributed by atoms with Crippen molar-refractivity contribution in [3.05, 3.63) is 14.9 Å². The molecule has 5 heteroatoms. The van der Waals surface area contributed by atoms with E-state index in [0.29, 0.717) is 5.88 Å². The summed E-state index contributed by atoms with van der Waals surface area (Å²) >= 11 is 4.70. The topological polar surface area (TPSA) is 42.4 Å². The second-order valence-corrected chi connectivity index (χ2v) is 4.12. The number of rotatable bonds is 3. The third kappa shape index (κ3) is 2.52. The van der Waals surface area contributed by atoms with Crippen LogP contribution in [-0.2, 0) is 0 Å². The first-order valence-electron chi connectivity index (χ1n) is 3.66. The first-order valence-corrected chi connectivity index (χ1v) is 5.23. The first kappa shape index (κ1) is 10.7. The van der Waals surface area contributed by atoms with Gasteiger partial charge in [-0.2, -0.15) is 4.37 Å². The minimum absolute atomic E-state index is 0.0622. The SMILES string of the molecule is COc1nsc(/C=C(/C)CO)c1Br. The van der Waals surface area contributed by atoms with E-state index in [1.807, 2.05) is 13.0 Å². The maximum Gasteiger partial charge on any atom is 0.240 e. The highest BCUT2D eigenvalue weighted by atomic mass is 79.9. The molecule has 3 nitrogen and oxygen atoms in total. The molecule has 0 bridgehead atoms. The molecule has 1 aromatic heterocycles. The molecule has 0 radical (unpaired) electrons. The molecule has 0 fully saturated rings. The van der Waals surface area contributed by atoms with Crippen LogP contribution in [0.4, 0.5) is 0 Å². The van der Waals surface area contributed by atoms with E-state index in [2.05, 4.69) is 20.3 Å². The number of ether oxygens (including phenoxy) is 1. The molecule has 0 unspecified atom stereocenters. The molecule has 0 saturated carbocycles. The normalized spacial score (nSPS) is 11.8. The molecular formula is C8H10BrNO2S. The van der Waals surface area contributed by atoms with Crippen LogP contribution in [0.1, 0.15) is 11.8 Å². The molecule has 0 aliphatic carbocycles. The van der Waals surface area contributed by atoms with Crippen molar-refractivity contribution in [2.24, 2.45) is 0 Å². The summed E-state index contributed by atoms with van der Waals surface area (Å²) in [5.74, 6) is 0.585. The van der Waals surface area contributed by atoms with Crippen LogP contribution in [0.3, 0.4) is 0 Å². The number of methoxy groups -OCH3 is 1. The van der Waals surface area contributed by atoms with E-state index in [9.17, 15) is 0 Å². The zero-order valence-electron chi connectivity index (χ0n) is 7.37. The summed E-state index contributed by atoms with van der Waals surface area (Å²) in [6.07, 6.45) is 1.88. The maximum atomic E-state index is 8.82. The van der Waals surface area contributed by atoms with Crippen LogP contribution < -0.4 is 4.74 Å². The van der Waals surface area contributed by atoms with Crippen LogP contribution in [0.5, 0.6) is 5.88 Å². The van der Waals surface area contributed by atoms with Gasteiger partial charge in [-0.05, 0) is 46.0 Å². The number of hydrogen-bond donors (Lipinski definition) is 1. The molecule has 1 heterocycles. The largest absolute Gasteiger partial charge is 0.480 e. The molecule has 72 valence electrons. The van der Waals surface area contributed by atoms with E-state index in [1.54, 1.807) is 7.11 Å². The van der Waals surface area contributed by atoms with Crippen molar-refractivity contribution >= 4 is 33.5 Å². The lowest BCUT2D eigenvalue weighted by Gasteiger charge is -1.94. The summed E-state index contributed by atoms with van der Waals surface area (Å²) in [5, 5.41) is 8.82. The summed E-state index contributed by atoms with van der Waals surface area (Å²) in [4.78, 5) is 0.961. The highest BCUT2D eigenvalue weighted by Crippen LogP contribution is 2.32. The molecule has 0 aliphatic rings. The lowest BCUT2D eigenvalue weighted by molar-refractivity contribution is 0.332. The van der Waals surface area contributed by atoms with Crippen LogP contribution in [0, 0.1) is 0 Å². The number of nitrogens with zero attached hydrogens (tertiary/aromatic N) is 1. The van der Waals surface area contributed by atoms with Crippen LogP contribution in [0.25, 0.3) is 6.08 Å². The van der Waals surface area contributed by atoms with Crippen molar-refractivity contribution < 1.29 is 9.84 Å². The van der Waals surface area contributed by atoms with E-state index in [-0.39, 0.29) is 6.61 Å². The predicted octanol–water partition coefficient (Wildman–Crippen LogP) is 2.31. The van der Waals surface area contributed by atoms with E-state index >= 15 is 0 Å². The summed E-state index contributed by atoms with van der Waals surface area (Å²) in [6.45, 7) is 1.92. The van der Waals surface area contributed by atoms with Gasteiger partial charge in [-0.25, -0.2) is 0 Å². The monoisotopic (exact) mass is 263 g/mol. The Morgan fingerprint density at radius 1 is 1.77 bits per heavy atom. The van der Waals surface area contributed by atoms with Crippen molar-refractivity contribution in [1.82, 2.24) is 4.37 Å². The lowest BCUT2D eigenvalue weighted by Crippen LogP contribution is -1.83. The first-order chi connectivity index (χ1) is 6.19. The standard InChI is InChI=1S/C8H10BrNO2S/c1-5(4-11)3-6-7(9)8(12-2)10-13-6/h3,11H,4H2,1-2H3/b5-3-. The molecular weight excluding hydrogens is 254 g/mol. The van der Waals surface area contributed by atoms with E-state index < -0.39 is 0 Å². The van der Waals surface area contributed by atoms with Gasteiger partial charge in [-0.3, -0.25) is 0 Å². The number of aliphatic hydroxyl groups is 1. The summed E-state index contributed by atoms with van der Waals surface area (Å²) in [5.41, 5.74) is 0.895. The highest BCUT2D eigenvalue weighted by molar-refractivity contribution is 9.10. The van der Waals surface area contributed by atoms with Gasteiger partial charge in [0.25, 0.3) is 0 Å². The second-order valence-electron chi connectivity index (χ2n) is 2.52. The van der Waals surface area contributed by atoms with Gasteiger partial charge in [0, 0.05) is 0 Å². The molecule has 1 aromatic rings. The molecule has 0 aliphatic heterocycles. The van der Waals surface area contributed by atoms with Gasteiger partial charge >= 0.3 is 0 Å². The Morgan fingerprint density at radius 3 is 2.92 bits per heavy atom. The van der Waals surface area contributed by atoms with E-state index in [1.165, 1.54) is 11.5 Å². The smallest absolute Gasteiger partial charge is 0.240 e.